The first kappa shape index (κ1) is 12.9. The van der Waals surface area contributed by atoms with E-state index in [1.807, 2.05) is 0 Å². The van der Waals surface area contributed by atoms with Gasteiger partial charge in [0.1, 0.15) is 6.54 Å². The average molecular weight is 203 g/mol. The second-order valence-electron chi connectivity index (χ2n) is 3.05. The summed E-state index contributed by atoms with van der Waals surface area (Å²) in [5.74, 6) is -1.19. The van der Waals surface area contributed by atoms with E-state index in [0.29, 0.717) is 6.54 Å². The van der Waals surface area contributed by atoms with Crippen molar-refractivity contribution in [3.8, 4) is 0 Å². The minimum absolute atomic E-state index is 0.176. The molecule has 0 aliphatic heterocycles. The van der Waals surface area contributed by atoms with Crippen LogP contribution >= 0.6 is 0 Å². The van der Waals surface area contributed by atoms with Crippen LogP contribution in [0.2, 0.25) is 0 Å². The van der Waals surface area contributed by atoms with Gasteiger partial charge in [0.05, 0.1) is 12.5 Å². The number of rotatable bonds is 6. The molecule has 1 atom stereocenters. The summed E-state index contributed by atoms with van der Waals surface area (Å²) in [6, 6.07) is 0. The normalized spacial score (nSPS) is 12.2. The molecule has 0 rings (SSSR count). The number of ether oxygens (including phenoxy) is 1. The third kappa shape index (κ3) is 4.81. The van der Waals surface area contributed by atoms with Gasteiger partial charge < -0.3 is 14.7 Å². The summed E-state index contributed by atoms with van der Waals surface area (Å²) in [6.45, 7) is 3.68. The van der Waals surface area contributed by atoms with Crippen LogP contribution in [0.1, 0.15) is 20.3 Å². The van der Waals surface area contributed by atoms with Crippen LogP contribution in [-0.2, 0) is 14.3 Å². The summed E-state index contributed by atoms with van der Waals surface area (Å²) in [6.07, 6.45) is 0.0443. The maximum Gasteiger partial charge on any atom is 0.323 e. The monoisotopic (exact) mass is 203 g/mol. The van der Waals surface area contributed by atoms with E-state index in [4.69, 9.17) is 9.84 Å². The average Bonchev–Trinajstić information content (AvgIpc) is 2.13. The molecule has 0 aromatic heterocycles. The minimum atomic E-state index is -0.995. The highest BCUT2D eigenvalue weighted by Crippen LogP contribution is 2.01. The lowest BCUT2D eigenvalue weighted by atomic mass is 10.2. The van der Waals surface area contributed by atoms with Gasteiger partial charge in [0.2, 0.25) is 5.91 Å². The summed E-state index contributed by atoms with van der Waals surface area (Å²) in [5, 5.41) is 8.53. The Hall–Kier alpha value is -1.10. The van der Waals surface area contributed by atoms with E-state index < -0.39 is 5.97 Å². The molecular formula is C9H17NO4. The lowest BCUT2D eigenvalue weighted by Gasteiger charge is -2.20. The number of carbonyl (C=O) groups excluding carboxylic acids is 1. The number of carbonyl (C=O) groups is 2. The van der Waals surface area contributed by atoms with E-state index in [-0.39, 0.29) is 25.0 Å². The summed E-state index contributed by atoms with van der Waals surface area (Å²) < 4.78 is 4.93. The number of likely N-dealkylation sites (N-methyl/N-ethyl adjacent to an activating group) is 1. The largest absolute Gasteiger partial charge is 0.480 e. The molecule has 0 fully saturated rings. The quantitative estimate of drug-likeness (QED) is 0.676. The molecule has 1 unspecified atom stereocenters. The van der Waals surface area contributed by atoms with E-state index in [9.17, 15) is 9.59 Å². The lowest BCUT2D eigenvalue weighted by Crippen LogP contribution is -2.37. The van der Waals surface area contributed by atoms with Gasteiger partial charge in [-0.3, -0.25) is 9.59 Å². The topological polar surface area (TPSA) is 66.8 Å². The summed E-state index contributed by atoms with van der Waals surface area (Å²) in [5.41, 5.74) is 0. The van der Waals surface area contributed by atoms with Gasteiger partial charge in [-0.05, 0) is 13.8 Å². The Kier molecular flexibility index (Phi) is 5.87. The molecule has 0 bridgehead atoms. The van der Waals surface area contributed by atoms with Gasteiger partial charge in [-0.25, -0.2) is 0 Å². The van der Waals surface area contributed by atoms with Crippen LogP contribution in [-0.4, -0.2) is 48.2 Å². The molecule has 0 spiro atoms. The van der Waals surface area contributed by atoms with Crippen molar-refractivity contribution in [1.82, 2.24) is 4.90 Å². The summed E-state index contributed by atoms with van der Waals surface area (Å²) in [7, 11) is 1.52. The Labute approximate surface area is 83.6 Å². The molecule has 5 nitrogen and oxygen atoms in total. The molecule has 5 heteroatoms. The molecule has 82 valence electrons. The summed E-state index contributed by atoms with van der Waals surface area (Å²) in [4.78, 5) is 23.2. The van der Waals surface area contributed by atoms with Gasteiger partial charge >= 0.3 is 5.97 Å². The second-order valence-corrected chi connectivity index (χ2v) is 3.05. The first-order valence-electron chi connectivity index (χ1n) is 4.53. The zero-order valence-corrected chi connectivity index (χ0v) is 8.82. The van der Waals surface area contributed by atoms with E-state index in [1.54, 1.807) is 13.8 Å². The molecule has 1 amide bonds. The van der Waals surface area contributed by atoms with Gasteiger partial charge in [0.25, 0.3) is 0 Å². The van der Waals surface area contributed by atoms with Gasteiger partial charge in [0, 0.05) is 13.7 Å². The fourth-order valence-electron chi connectivity index (χ4n) is 0.998. The van der Waals surface area contributed by atoms with Crippen molar-refractivity contribution in [1.29, 1.82) is 0 Å². The molecule has 1 N–H and O–H groups in total. The minimum Gasteiger partial charge on any atom is -0.480 e. The Bertz CT molecular complexity index is 205. The molecule has 0 heterocycles. The molecular weight excluding hydrogens is 186 g/mol. The highest BCUT2D eigenvalue weighted by Gasteiger charge is 2.16. The van der Waals surface area contributed by atoms with Gasteiger partial charge in [0.15, 0.2) is 0 Å². The number of hydrogen-bond donors (Lipinski definition) is 1. The van der Waals surface area contributed by atoms with Crippen LogP contribution in [0.3, 0.4) is 0 Å². The van der Waals surface area contributed by atoms with Crippen LogP contribution in [0.4, 0.5) is 0 Å². The van der Waals surface area contributed by atoms with E-state index in [0.717, 1.165) is 0 Å². The smallest absolute Gasteiger partial charge is 0.323 e. The molecule has 0 aromatic rings. The molecule has 0 saturated heterocycles. The first-order chi connectivity index (χ1) is 6.51. The maximum atomic E-state index is 11.5. The number of methoxy groups -OCH3 is 1. The van der Waals surface area contributed by atoms with Gasteiger partial charge in [-0.1, -0.05) is 0 Å². The number of hydrogen-bond acceptors (Lipinski definition) is 3. The number of carboxylic acids is 1. The molecule has 0 radical (unpaired) electrons. The number of amides is 1. The number of nitrogens with zero attached hydrogens (tertiary/aromatic N) is 1. The second kappa shape index (κ2) is 6.37. The Morgan fingerprint density at radius 1 is 1.50 bits per heavy atom. The van der Waals surface area contributed by atoms with Crippen LogP contribution in [0, 0.1) is 0 Å². The molecule has 14 heavy (non-hydrogen) atoms. The zero-order valence-electron chi connectivity index (χ0n) is 8.82. The SMILES string of the molecule is CCN(CC(=O)O)C(=O)CC(C)OC. The Balaban J connectivity index is 4.10. The number of carboxylic acid groups (broad SMARTS) is 1. The van der Waals surface area contributed by atoms with E-state index in [2.05, 4.69) is 0 Å². The van der Waals surface area contributed by atoms with Crippen molar-refractivity contribution >= 4 is 11.9 Å². The third-order valence-electron chi connectivity index (χ3n) is 1.92. The standard InChI is InChI=1S/C9H17NO4/c1-4-10(6-9(12)13)8(11)5-7(2)14-3/h7H,4-6H2,1-3H3,(H,12,13). The number of aliphatic carboxylic acids is 1. The predicted molar refractivity (Wildman–Crippen MR) is 51.0 cm³/mol. The van der Waals surface area contributed by atoms with Crippen LogP contribution in [0.5, 0.6) is 0 Å². The lowest BCUT2D eigenvalue weighted by molar-refractivity contribution is -0.145. The van der Waals surface area contributed by atoms with E-state index >= 15 is 0 Å². The highest BCUT2D eigenvalue weighted by atomic mass is 16.5. The third-order valence-corrected chi connectivity index (χ3v) is 1.92. The van der Waals surface area contributed by atoms with Crippen molar-refractivity contribution in [2.75, 3.05) is 20.2 Å². The Morgan fingerprint density at radius 3 is 2.43 bits per heavy atom. The van der Waals surface area contributed by atoms with Gasteiger partial charge in [-0.15, -0.1) is 0 Å². The van der Waals surface area contributed by atoms with Crippen molar-refractivity contribution < 1.29 is 19.4 Å². The van der Waals surface area contributed by atoms with Crippen LogP contribution in [0.15, 0.2) is 0 Å². The first-order valence-corrected chi connectivity index (χ1v) is 4.53. The predicted octanol–water partition coefficient (Wildman–Crippen LogP) is 0.345. The van der Waals surface area contributed by atoms with Gasteiger partial charge in [-0.2, -0.15) is 0 Å². The van der Waals surface area contributed by atoms with Crippen molar-refractivity contribution in [3.05, 3.63) is 0 Å². The van der Waals surface area contributed by atoms with Crippen LogP contribution in [0.25, 0.3) is 0 Å². The zero-order chi connectivity index (χ0) is 11.1. The summed E-state index contributed by atoms with van der Waals surface area (Å²) >= 11 is 0. The van der Waals surface area contributed by atoms with Crippen molar-refractivity contribution in [3.63, 3.8) is 0 Å². The van der Waals surface area contributed by atoms with E-state index in [1.165, 1.54) is 12.0 Å². The molecule has 0 aliphatic rings. The maximum absolute atomic E-state index is 11.5. The van der Waals surface area contributed by atoms with Crippen molar-refractivity contribution in [2.24, 2.45) is 0 Å². The molecule has 0 saturated carbocycles. The molecule has 0 aliphatic carbocycles. The van der Waals surface area contributed by atoms with Crippen molar-refractivity contribution in [2.45, 2.75) is 26.4 Å². The highest BCUT2D eigenvalue weighted by molar-refractivity contribution is 5.81. The van der Waals surface area contributed by atoms with Crippen LogP contribution < -0.4 is 0 Å². The Morgan fingerprint density at radius 2 is 2.07 bits per heavy atom. The fourth-order valence-corrected chi connectivity index (χ4v) is 0.998. The molecule has 0 aromatic carbocycles. The fraction of sp³-hybridized carbons (Fsp3) is 0.778.